The standard InChI is InChI=1S/C16H19Cl2N3O2/c17-13-7-4-8-14(18)12(13)9-20-21-15(22)10-19-16(23)11-5-2-1-3-6-11/h4,7-9,11H,1-3,5-6,10H2,(H,19,23)(H,21,22)/b20-9+. The first-order chi connectivity index (χ1) is 11.1. The van der Waals surface area contributed by atoms with E-state index in [1.165, 1.54) is 12.6 Å². The van der Waals surface area contributed by atoms with Gasteiger partial charge in [0, 0.05) is 11.5 Å². The van der Waals surface area contributed by atoms with Crippen molar-refractivity contribution in [3.8, 4) is 0 Å². The lowest BCUT2D eigenvalue weighted by atomic mass is 9.89. The summed E-state index contributed by atoms with van der Waals surface area (Å²) < 4.78 is 0. The Morgan fingerprint density at radius 1 is 1.17 bits per heavy atom. The quantitative estimate of drug-likeness (QED) is 0.629. The van der Waals surface area contributed by atoms with Gasteiger partial charge in [0.2, 0.25) is 5.91 Å². The Hall–Kier alpha value is -1.59. The number of hydrazone groups is 1. The molecule has 2 rings (SSSR count). The maximum atomic E-state index is 11.9. The van der Waals surface area contributed by atoms with E-state index >= 15 is 0 Å². The predicted octanol–water partition coefficient (Wildman–Crippen LogP) is 3.14. The van der Waals surface area contributed by atoms with Crippen molar-refractivity contribution in [2.45, 2.75) is 32.1 Å². The lowest BCUT2D eigenvalue weighted by Crippen LogP contribution is -2.38. The smallest absolute Gasteiger partial charge is 0.259 e. The van der Waals surface area contributed by atoms with E-state index < -0.39 is 5.91 Å². The molecular formula is C16H19Cl2N3O2. The molecule has 1 aliphatic carbocycles. The number of carbonyl (C=O) groups excluding carboxylic acids is 2. The van der Waals surface area contributed by atoms with Gasteiger partial charge < -0.3 is 5.32 Å². The number of amides is 2. The molecule has 2 amide bonds. The number of carbonyl (C=O) groups is 2. The topological polar surface area (TPSA) is 70.6 Å². The van der Waals surface area contributed by atoms with Gasteiger partial charge in [0.05, 0.1) is 22.8 Å². The summed E-state index contributed by atoms with van der Waals surface area (Å²) >= 11 is 12.0. The molecule has 1 aliphatic rings. The highest BCUT2D eigenvalue weighted by Crippen LogP contribution is 2.23. The van der Waals surface area contributed by atoms with Gasteiger partial charge in [-0.25, -0.2) is 5.43 Å². The van der Waals surface area contributed by atoms with Crippen molar-refractivity contribution in [3.63, 3.8) is 0 Å². The van der Waals surface area contributed by atoms with Crippen LogP contribution in [0.2, 0.25) is 10.0 Å². The van der Waals surface area contributed by atoms with Crippen molar-refractivity contribution >= 4 is 41.2 Å². The molecule has 7 heteroatoms. The first-order valence-electron chi connectivity index (χ1n) is 7.61. The maximum Gasteiger partial charge on any atom is 0.259 e. The largest absolute Gasteiger partial charge is 0.347 e. The highest BCUT2D eigenvalue weighted by molar-refractivity contribution is 6.38. The van der Waals surface area contributed by atoms with Crippen LogP contribution in [0.4, 0.5) is 0 Å². The summed E-state index contributed by atoms with van der Waals surface area (Å²) in [7, 11) is 0. The fraction of sp³-hybridized carbons (Fsp3) is 0.438. The Bertz CT molecular complexity index is 579. The Balaban J connectivity index is 1.76. The molecule has 0 bridgehead atoms. The van der Waals surface area contributed by atoms with Crippen LogP contribution in [0.15, 0.2) is 23.3 Å². The predicted molar refractivity (Wildman–Crippen MR) is 91.8 cm³/mol. The summed E-state index contributed by atoms with van der Waals surface area (Å²) in [5, 5.41) is 7.35. The third-order valence-corrected chi connectivity index (χ3v) is 4.44. The number of hydrogen-bond acceptors (Lipinski definition) is 3. The average molecular weight is 356 g/mol. The number of nitrogens with one attached hydrogen (secondary N) is 2. The highest BCUT2D eigenvalue weighted by Gasteiger charge is 2.21. The van der Waals surface area contributed by atoms with Gasteiger partial charge in [-0.3, -0.25) is 9.59 Å². The van der Waals surface area contributed by atoms with E-state index in [2.05, 4.69) is 15.8 Å². The molecule has 0 saturated heterocycles. The van der Waals surface area contributed by atoms with Crippen molar-refractivity contribution in [2.24, 2.45) is 11.0 Å². The number of benzene rings is 1. The van der Waals surface area contributed by atoms with E-state index in [1.807, 2.05) is 0 Å². The molecule has 0 aromatic heterocycles. The lowest BCUT2D eigenvalue weighted by molar-refractivity contribution is -0.129. The Morgan fingerprint density at radius 3 is 2.48 bits per heavy atom. The number of nitrogens with zero attached hydrogens (tertiary/aromatic N) is 1. The SMILES string of the molecule is O=C(CNC(=O)C1CCCCC1)N/N=C/c1c(Cl)cccc1Cl. The fourth-order valence-corrected chi connectivity index (χ4v) is 3.01. The monoisotopic (exact) mass is 355 g/mol. The number of rotatable bonds is 5. The summed E-state index contributed by atoms with van der Waals surface area (Å²) in [5.74, 6) is -0.423. The van der Waals surface area contributed by atoms with E-state index in [0.29, 0.717) is 15.6 Å². The van der Waals surface area contributed by atoms with Crippen molar-refractivity contribution in [1.29, 1.82) is 0 Å². The maximum absolute atomic E-state index is 11.9. The molecule has 1 aromatic carbocycles. The van der Waals surface area contributed by atoms with Crippen LogP contribution in [0.25, 0.3) is 0 Å². The third-order valence-electron chi connectivity index (χ3n) is 3.78. The lowest BCUT2D eigenvalue weighted by Gasteiger charge is -2.20. The van der Waals surface area contributed by atoms with Crippen LogP contribution >= 0.6 is 23.2 Å². The van der Waals surface area contributed by atoms with Gasteiger partial charge in [-0.2, -0.15) is 5.10 Å². The molecule has 5 nitrogen and oxygen atoms in total. The van der Waals surface area contributed by atoms with E-state index in [1.54, 1.807) is 18.2 Å². The molecule has 1 saturated carbocycles. The first-order valence-corrected chi connectivity index (χ1v) is 8.37. The van der Waals surface area contributed by atoms with Crippen LogP contribution < -0.4 is 10.7 Å². The van der Waals surface area contributed by atoms with Crippen LogP contribution in [0.3, 0.4) is 0 Å². The highest BCUT2D eigenvalue weighted by atomic mass is 35.5. The second-order valence-corrected chi connectivity index (χ2v) is 6.30. The van der Waals surface area contributed by atoms with E-state index in [9.17, 15) is 9.59 Å². The second kappa shape index (κ2) is 8.89. The van der Waals surface area contributed by atoms with Gasteiger partial charge in [-0.1, -0.05) is 48.5 Å². The fourth-order valence-electron chi connectivity index (χ4n) is 2.52. The van der Waals surface area contributed by atoms with Gasteiger partial charge in [0.25, 0.3) is 5.91 Å². The molecule has 0 aliphatic heterocycles. The van der Waals surface area contributed by atoms with E-state index in [4.69, 9.17) is 23.2 Å². The molecule has 0 heterocycles. The Kier molecular flexibility index (Phi) is 6.86. The molecule has 0 radical (unpaired) electrons. The molecule has 2 N–H and O–H groups in total. The molecule has 0 atom stereocenters. The first kappa shape index (κ1) is 17.8. The zero-order valence-corrected chi connectivity index (χ0v) is 14.2. The molecule has 1 aromatic rings. The number of hydrogen-bond donors (Lipinski definition) is 2. The van der Waals surface area contributed by atoms with Crippen molar-refractivity contribution < 1.29 is 9.59 Å². The van der Waals surface area contributed by atoms with Crippen LogP contribution in [0.1, 0.15) is 37.7 Å². The average Bonchev–Trinajstić information content (AvgIpc) is 2.56. The van der Waals surface area contributed by atoms with Crippen molar-refractivity contribution in [3.05, 3.63) is 33.8 Å². The van der Waals surface area contributed by atoms with Crippen LogP contribution in [0, 0.1) is 5.92 Å². The van der Waals surface area contributed by atoms with Gasteiger partial charge in [-0.15, -0.1) is 0 Å². The van der Waals surface area contributed by atoms with Crippen LogP contribution in [0.5, 0.6) is 0 Å². The summed E-state index contributed by atoms with van der Waals surface area (Å²) in [4.78, 5) is 23.6. The molecule has 23 heavy (non-hydrogen) atoms. The third kappa shape index (κ3) is 5.52. The normalized spacial score (nSPS) is 15.6. The Labute approximate surface area is 145 Å². The van der Waals surface area contributed by atoms with Gasteiger partial charge in [0.1, 0.15) is 0 Å². The Morgan fingerprint density at radius 2 is 1.83 bits per heavy atom. The van der Waals surface area contributed by atoms with Gasteiger partial charge in [-0.05, 0) is 25.0 Å². The summed E-state index contributed by atoms with van der Waals surface area (Å²) in [6.45, 7) is -0.0943. The van der Waals surface area contributed by atoms with Crippen LogP contribution in [-0.2, 0) is 9.59 Å². The summed E-state index contributed by atoms with van der Waals surface area (Å²) in [6, 6.07) is 5.09. The molecule has 0 unspecified atom stereocenters. The zero-order chi connectivity index (χ0) is 16.7. The molecule has 0 spiro atoms. The van der Waals surface area contributed by atoms with Gasteiger partial charge in [0.15, 0.2) is 0 Å². The minimum Gasteiger partial charge on any atom is -0.347 e. The van der Waals surface area contributed by atoms with Crippen molar-refractivity contribution in [1.82, 2.24) is 10.7 Å². The molecular weight excluding hydrogens is 337 g/mol. The minimum atomic E-state index is -0.395. The summed E-state index contributed by atoms with van der Waals surface area (Å²) in [5.41, 5.74) is 2.87. The van der Waals surface area contributed by atoms with E-state index in [0.717, 1.165) is 25.7 Å². The zero-order valence-electron chi connectivity index (χ0n) is 12.6. The second-order valence-electron chi connectivity index (χ2n) is 5.48. The molecule has 1 fully saturated rings. The van der Waals surface area contributed by atoms with Crippen LogP contribution in [-0.4, -0.2) is 24.6 Å². The summed E-state index contributed by atoms with van der Waals surface area (Å²) in [6.07, 6.45) is 6.52. The van der Waals surface area contributed by atoms with Crippen molar-refractivity contribution in [2.75, 3.05) is 6.54 Å². The number of halogens is 2. The van der Waals surface area contributed by atoms with Gasteiger partial charge >= 0.3 is 0 Å². The minimum absolute atomic E-state index is 0.0296. The molecule has 124 valence electrons. The van der Waals surface area contributed by atoms with E-state index in [-0.39, 0.29) is 18.4 Å².